The van der Waals surface area contributed by atoms with Crippen LogP contribution in [0.25, 0.3) is 16.6 Å². The number of hydrogen-bond donors (Lipinski definition) is 1. The molecule has 1 N–H and O–H groups in total. The predicted molar refractivity (Wildman–Crippen MR) is 127 cm³/mol. The number of nitrogens with zero attached hydrogens (tertiary/aromatic N) is 2. The first kappa shape index (κ1) is 22.7. The number of hydrogen-bond acceptors (Lipinski definition) is 4. The average Bonchev–Trinajstić information content (AvgIpc) is 2.75. The minimum atomic E-state index is -0.752. The standard InChI is InChI=1S/C25H21F2N3O2S/c1-14-10-15(2)12-18(11-14)30-24(32)19-6-4-5-7-21(19)29-25(30)33-16(3)23(31)28-22-13-17(26)8-9-20(22)27/h4-13,16H,1-3H3,(H,28,31). The number of benzene rings is 3. The summed E-state index contributed by atoms with van der Waals surface area (Å²) in [6.07, 6.45) is 0. The number of anilines is 1. The topological polar surface area (TPSA) is 64.0 Å². The number of fused-ring (bicyclic) bond motifs is 1. The van der Waals surface area contributed by atoms with Crippen LogP contribution in [0.5, 0.6) is 0 Å². The molecule has 3 aromatic carbocycles. The first-order valence-electron chi connectivity index (χ1n) is 10.3. The molecule has 4 rings (SSSR count). The van der Waals surface area contributed by atoms with E-state index in [2.05, 4.69) is 10.3 Å². The number of rotatable bonds is 5. The Morgan fingerprint density at radius 2 is 1.73 bits per heavy atom. The molecule has 4 aromatic rings. The monoisotopic (exact) mass is 465 g/mol. The van der Waals surface area contributed by atoms with Gasteiger partial charge in [-0.25, -0.2) is 13.8 Å². The van der Waals surface area contributed by atoms with E-state index in [4.69, 9.17) is 0 Å². The highest BCUT2D eigenvalue weighted by molar-refractivity contribution is 8.00. The fourth-order valence-electron chi connectivity index (χ4n) is 3.54. The van der Waals surface area contributed by atoms with Gasteiger partial charge >= 0.3 is 0 Å². The van der Waals surface area contributed by atoms with E-state index in [1.54, 1.807) is 31.2 Å². The van der Waals surface area contributed by atoms with Crippen molar-refractivity contribution in [2.45, 2.75) is 31.2 Å². The van der Waals surface area contributed by atoms with Gasteiger partial charge in [0, 0.05) is 6.07 Å². The van der Waals surface area contributed by atoms with Crippen molar-refractivity contribution in [3.05, 3.63) is 93.8 Å². The van der Waals surface area contributed by atoms with Crippen LogP contribution in [0.1, 0.15) is 18.1 Å². The summed E-state index contributed by atoms with van der Waals surface area (Å²) in [5.74, 6) is -1.94. The zero-order valence-electron chi connectivity index (χ0n) is 18.2. The number of amides is 1. The largest absolute Gasteiger partial charge is 0.323 e. The van der Waals surface area contributed by atoms with Crippen molar-refractivity contribution in [3.8, 4) is 5.69 Å². The number of para-hydroxylation sites is 1. The van der Waals surface area contributed by atoms with Crippen molar-refractivity contribution in [3.63, 3.8) is 0 Å². The highest BCUT2D eigenvalue weighted by atomic mass is 32.2. The minimum Gasteiger partial charge on any atom is -0.323 e. The number of carbonyl (C=O) groups is 1. The van der Waals surface area contributed by atoms with E-state index in [1.807, 2.05) is 32.0 Å². The Morgan fingerprint density at radius 1 is 1.03 bits per heavy atom. The average molecular weight is 466 g/mol. The molecule has 33 heavy (non-hydrogen) atoms. The second-order valence-electron chi connectivity index (χ2n) is 7.77. The second-order valence-corrected chi connectivity index (χ2v) is 9.08. The molecule has 168 valence electrons. The van der Waals surface area contributed by atoms with Gasteiger partial charge < -0.3 is 5.32 Å². The van der Waals surface area contributed by atoms with Crippen molar-refractivity contribution in [1.82, 2.24) is 9.55 Å². The van der Waals surface area contributed by atoms with Crippen molar-refractivity contribution in [1.29, 1.82) is 0 Å². The highest BCUT2D eigenvalue weighted by Crippen LogP contribution is 2.27. The third-order valence-electron chi connectivity index (χ3n) is 5.05. The molecule has 0 aliphatic carbocycles. The van der Waals surface area contributed by atoms with Gasteiger partial charge in [0.2, 0.25) is 5.91 Å². The third-order valence-corrected chi connectivity index (χ3v) is 6.10. The van der Waals surface area contributed by atoms with Crippen LogP contribution in [0.2, 0.25) is 0 Å². The lowest BCUT2D eigenvalue weighted by Gasteiger charge is -2.17. The van der Waals surface area contributed by atoms with Gasteiger partial charge in [-0.1, -0.05) is 30.0 Å². The molecule has 0 aliphatic heterocycles. The Kier molecular flexibility index (Phi) is 6.29. The summed E-state index contributed by atoms with van der Waals surface area (Å²) in [6.45, 7) is 5.49. The lowest BCUT2D eigenvalue weighted by molar-refractivity contribution is -0.115. The predicted octanol–water partition coefficient (Wildman–Crippen LogP) is 5.40. The number of halogens is 2. The first-order chi connectivity index (χ1) is 15.7. The van der Waals surface area contributed by atoms with Gasteiger partial charge in [-0.05, 0) is 68.3 Å². The number of aromatic nitrogens is 2. The summed E-state index contributed by atoms with van der Waals surface area (Å²) < 4.78 is 28.9. The molecule has 0 spiro atoms. The van der Waals surface area contributed by atoms with Gasteiger partial charge in [-0.15, -0.1) is 0 Å². The molecule has 1 aromatic heterocycles. The Bertz CT molecular complexity index is 1420. The Hall–Kier alpha value is -3.52. The number of carbonyl (C=O) groups excluding carboxylic acids is 1. The summed E-state index contributed by atoms with van der Waals surface area (Å²) in [4.78, 5) is 30.8. The summed E-state index contributed by atoms with van der Waals surface area (Å²) >= 11 is 1.07. The molecule has 8 heteroatoms. The van der Waals surface area contributed by atoms with E-state index in [0.717, 1.165) is 41.1 Å². The van der Waals surface area contributed by atoms with E-state index in [0.29, 0.717) is 21.7 Å². The molecule has 0 radical (unpaired) electrons. The maximum atomic E-state index is 14.0. The second kappa shape index (κ2) is 9.15. The molecule has 1 amide bonds. The van der Waals surface area contributed by atoms with E-state index in [9.17, 15) is 18.4 Å². The quantitative estimate of drug-likeness (QED) is 0.317. The maximum absolute atomic E-state index is 14.0. The lowest BCUT2D eigenvalue weighted by Crippen LogP contribution is -2.26. The van der Waals surface area contributed by atoms with Crippen LogP contribution in [-0.4, -0.2) is 20.7 Å². The number of aryl methyl sites for hydroxylation is 2. The van der Waals surface area contributed by atoms with Gasteiger partial charge in [0.15, 0.2) is 5.16 Å². The molecule has 1 heterocycles. The summed E-state index contributed by atoms with van der Waals surface area (Å²) in [5, 5.41) is 2.44. The normalized spacial score (nSPS) is 12.0. The molecule has 5 nitrogen and oxygen atoms in total. The van der Waals surface area contributed by atoms with Gasteiger partial charge in [-0.2, -0.15) is 0 Å². The van der Waals surface area contributed by atoms with Crippen LogP contribution in [0.4, 0.5) is 14.5 Å². The molecule has 0 saturated heterocycles. The van der Waals surface area contributed by atoms with Gasteiger partial charge in [0.25, 0.3) is 5.56 Å². The molecular weight excluding hydrogens is 444 g/mol. The Labute approximate surface area is 193 Å². The molecule has 0 fully saturated rings. The van der Waals surface area contributed by atoms with Crippen LogP contribution >= 0.6 is 11.8 Å². The van der Waals surface area contributed by atoms with Gasteiger partial charge in [0.1, 0.15) is 11.6 Å². The Morgan fingerprint density at radius 3 is 2.45 bits per heavy atom. The van der Waals surface area contributed by atoms with E-state index < -0.39 is 22.8 Å². The summed E-state index contributed by atoms with van der Waals surface area (Å²) in [7, 11) is 0. The summed E-state index contributed by atoms with van der Waals surface area (Å²) in [5.41, 5.74) is 2.61. The Balaban J connectivity index is 1.75. The molecule has 1 unspecified atom stereocenters. The van der Waals surface area contributed by atoms with Crippen LogP contribution in [0.3, 0.4) is 0 Å². The van der Waals surface area contributed by atoms with E-state index in [1.165, 1.54) is 4.57 Å². The molecule has 1 atom stereocenters. The summed E-state index contributed by atoms with van der Waals surface area (Å²) in [6, 6.07) is 15.6. The van der Waals surface area contributed by atoms with E-state index >= 15 is 0 Å². The third kappa shape index (κ3) is 4.80. The number of thioether (sulfide) groups is 1. The fourth-order valence-corrected chi connectivity index (χ4v) is 4.47. The van der Waals surface area contributed by atoms with Gasteiger partial charge in [0.05, 0.1) is 27.5 Å². The highest BCUT2D eigenvalue weighted by Gasteiger charge is 2.21. The zero-order chi connectivity index (χ0) is 23.7. The molecular formula is C25H21F2N3O2S. The van der Waals surface area contributed by atoms with Crippen LogP contribution < -0.4 is 10.9 Å². The van der Waals surface area contributed by atoms with Crippen molar-refractivity contribution < 1.29 is 13.6 Å². The fraction of sp³-hybridized carbons (Fsp3) is 0.160. The van der Waals surface area contributed by atoms with Crippen LogP contribution in [0, 0.1) is 25.5 Å². The number of nitrogens with one attached hydrogen (secondary N) is 1. The zero-order valence-corrected chi connectivity index (χ0v) is 19.0. The van der Waals surface area contributed by atoms with Crippen LogP contribution in [-0.2, 0) is 4.79 Å². The van der Waals surface area contributed by atoms with Crippen molar-refractivity contribution >= 4 is 34.3 Å². The van der Waals surface area contributed by atoms with E-state index in [-0.39, 0.29) is 11.2 Å². The lowest BCUT2D eigenvalue weighted by atomic mass is 10.1. The van der Waals surface area contributed by atoms with Gasteiger partial charge in [-0.3, -0.25) is 14.2 Å². The maximum Gasteiger partial charge on any atom is 0.266 e. The van der Waals surface area contributed by atoms with Crippen molar-refractivity contribution in [2.24, 2.45) is 0 Å². The molecule has 0 saturated carbocycles. The molecule has 0 aliphatic rings. The molecule has 0 bridgehead atoms. The van der Waals surface area contributed by atoms with Crippen LogP contribution in [0.15, 0.2) is 70.6 Å². The minimum absolute atomic E-state index is 0.245. The smallest absolute Gasteiger partial charge is 0.266 e. The first-order valence-corrected chi connectivity index (χ1v) is 11.1. The SMILES string of the molecule is Cc1cc(C)cc(-n2c(SC(C)C(=O)Nc3cc(F)ccc3F)nc3ccccc3c2=O)c1. The van der Waals surface area contributed by atoms with Crippen molar-refractivity contribution in [2.75, 3.05) is 5.32 Å².